The van der Waals surface area contributed by atoms with Crippen molar-refractivity contribution >= 4 is 21.4 Å². The van der Waals surface area contributed by atoms with Crippen molar-refractivity contribution in [3.05, 3.63) is 54.6 Å². The van der Waals surface area contributed by atoms with Gasteiger partial charge in [0.05, 0.1) is 11.4 Å². The van der Waals surface area contributed by atoms with Gasteiger partial charge in [0.2, 0.25) is 5.44 Å². The Balaban J connectivity index is 2.04. The monoisotopic (exact) mass is 332 g/mol. The Hall–Kier alpha value is -2.05. The molecule has 0 fully saturated rings. The van der Waals surface area contributed by atoms with Crippen molar-refractivity contribution in [2.75, 3.05) is 17.9 Å². The molecule has 1 aliphatic rings. The molecule has 1 heterocycles. The van der Waals surface area contributed by atoms with E-state index in [-0.39, 0.29) is 0 Å². The maximum atomic E-state index is 13.1. The van der Waals surface area contributed by atoms with Crippen LogP contribution in [-0.2, 0) is 10.0 Å². The molecule has 2 aromatic rings. The Morgan fingerprint density at radius 1 is 1.09 bits per heavy atom. The molecular formula is C17H20N2O3S. The topological polar surface area (TPSA) is 58.6 Å². The zero-order valence-corrected chi connectivity index (χ0v) is 13.8. The summed E-state index contributed by atoms with van der Waals surface area (Å²) in [6.07, 6.45) is 1.17. The molecule has 1 unspecified atom stereocenters. The summed E-state index contributed by atoms with van der Waals surface area (Å²) in [7, 11) is -1.78. The van der Waals surface area contributed by atoms with Crippen molar-refractivity contribution < 1.29 is 13.2 Å². The van der Waals surface area contributed by atoms with E-state index in [1.807, 2.05) is 43.4 Å². The minimum Gasteiger partial charge on any atom is -0.470 e. The van der Waals surface area contributed by atoms with E-state index in [1.54, 1.807) is 18.2 Å². The average Bonchev–Trinajstić information content (AvgIpc) is 2.56. The molecule has 0 saturated heterocycles. The van der Waals surface area contributed by atoms with Crippen LogP contribution in [0.25, 0.3) is 0 Å². The fourth-order valence-corrected chi connectivity index (χ4v) is 4.45. The fraction of sp³-hybridized carbons (Fsp3) is 0.294. The van der Waals surface area contributed by atoms with Crippen LogP contribution in [-0.4, -0.2) is 27.4 Å². The highest BCUT2D eigenvalue weighted by atomic mass is 32.2. The Morgan fingerprint density at radius 2 is 1.78 bits per heavy atom. The maximum absolute atomic E-state index is 13.1. The second-order valence-electron chi connectivity index (χ2n) is 5.41. The fourth-order valence-electron chi connectivity index (χ4n) is 2.68. The Kier molecular flexibility index (Phi) is 4.54. The van der Waals surface area contributed by atoms with Gasteiger partial charge in [-0.1, -0.05) is 30.3 Å². The third-order valence-corrected chi connectivity index (χ3v) is 5.70. The quantitative estimate of drug-likeness (QED) is 0.856. The Morgan fingerprint density at radius 3 is 2.52 bits per heavy atom. The summed E-state index contributed by atoms with van der Waals surface area (Å²) in [6.45, 7) is 0.752. The van der Waals surface area contributed by atoms with Crippen LogP contribution in [0.3, 0.4) is 0 Å². The smallest absolute Gasteiger partial charge is 0.277 e. The predicted molar refractivity (Wildman–Crippen MR) is 91.5 cm³/mol. The van der Waals surface area contributed by atoms with Gasteiger partial charge in [-0.15, -0.1) is 0 Å². The molecule has 1 aliphatic heterocycles. The number of fused-ring (bicyclic) bond motifs is 1. The molecule has 0 radical (unpaired) electrons. The summed E-state index contributed by atoms with van der Waals surface area (Å²) in [6, 6.07) is 16.4. The van der Waals surface area contributed by atoms with Gasteiger partial charge in [0, 0.05) is 6.42 Å². The summed E-state index contributed by atoms with van der Waals surface area (Å²) < 4.78 is 33.3. The van der Waals surface area contributed by atoms with E-state index in [9.17, 15) is 8.42 Å². The van der Waals surface area contributed by atoms with Gasteiger partial charge >= 0.3 is 0 Å². The highest BCUT2D eigenvalue weighted by molar-refractivity contribution is 7.93. The van der Waals surface area contributed by atoms with Gasteiger partial charge in [-0.05, 0) is 44.3 Å². The van der Waals surface area contributed by atoms with E-state index >= 15 is 0 Å². The van der Waals surface area contributed by atoms with Crippen LogP contribution in [0.15, 0.2) is 54.6 Å². The lowest BCUT2D eigenvalue weighted by molar-refractivity contribution is 0.254. The van der Waals surface area contributed by atoms with E-state index in [4.69, 9.17) is 4.74 Å². The first kappa shape index (κ1) is 15.8. The van der Waals surface area contributed by atoms with Crippen molar-refractivity contribution in [2.45, 2.75) is 18.3 Å². The minimum atomic E-state index is -3.63. The van der Waals surface area contributed by atoms with Crippen molar-refractivity contribution in [1.29, 1.82) is 0 Å². The SMILES string of the molecule is CNCCCC1Oc2ccccc2N(c2ccccc2)S1(=O)=O. The summed E-state index contributed by atoms with van der Waals surface area (Å²) in [5, 5.41) is 3.03. The molecule has 0 bridgehead atoms. The number of hydrogen-bond donors (Lipinski definition) is 1. The molecular weight excluding hydrogens is 312 g/mol. The third-order valence-electron chi connectivity index (χ3n) is 3.79. The Bertz CT molecular complexity index is 762. The molecule has 0 aromatic heterocycles. The van der Waals surface area contributed by atoms with Gasteiger partial charge in [-0.2, -0.15) is 0 Å². The first-order valence-corrected chi connectivity index (χ1v) is 9.14. The maximum Gasteiger partial charge on any atom is 0.277 e. The summed E-state index contributed by atoms with van der Waals surface area (Å²) >= 11 is 0. The molecule has 6 heteroatoms. The molecule has 122 valence electrons. The molecule has 3 rings (SSSR count). The summed E-state index contributed by atoms with van der Waals surface area (Å²) in [5.41, 5.74) is 0.316. The molecule has 5 nitrogen and oxygen atoms in total. The molecule has 1 N–H and O–H groups in total. The number of nitrogens with one attached hydrogen (secondary N) is 1. The molecule has 0 aliphatic carbocycles. The van der Waals surface area contributed by atoms with Crippen molar-refractivity contribution in [3.63, 3.8) is 0 Å². The number of rotatable bonds is 5. The van der Waals surface area contributed by atoms with Crippen LogP contribution in [0, 0.1) is 0 Å². The zero-order valence-electron chi connectivity index (χ0n) is 13.0. The number of sulfonamides is 1. The number of anilines is 2. The van der Waals surface area contributed by atoms with Crippen molar-refractivity contribution in [2.24, 2.45) is 0 Å². The second-order valence-corrected chi connectivity index (χ2v) is 7.33. The van der Waals surface area contributed by atoms with Gasteiger partial charge in [-0.3, -0.25) is 0 Å². The van der Waals surface area contributed by atoms with Crippen LogP contribution >= 0.6 is 0 Å². The number of benzene rings is 2. The largest absolute Gasteiger partial charge is 0.470 e. The molecule has 1 atom stereocenters. The first-order valence-electron chi connectivity index (χ1n) is 7.64. The standard InChI is InChI=1S/C17H20N2O3S/c1-18-13-7-12-17-22-16-11-6-5-10-15(16)19(23(17,20)21)14-8-3-2-4-9-14/h2-6,8-11,17-18H,7,12-13H2,1H3. The van der Waals surface area contributed by atoms with Crippen LogP contribution in [0.5, 0.6) is 5.75 Å². The minimum absolute atomic E-state index is 0.445. The van der Waals surface area contributed by atoms with Crippen LogP contribution < -0.4 is 14.4 Å². The van der Waals surface area contributed by atoms with Gasteiger partial charge in [0.1, 0.15) is 5.75 Å². The van der Waals surface area contributed by atoms with Crippen molar-refractivity contribution in [3.8, 4) is 5.75 Å². The molecule has 0 amide bonds. The molecule has 23 heavy (non-hydrogen) atoms. The van der Waals surface area contributed by atoms with E-state index in [2.05, 4.69) is 5.32 Å². The molecule has 2 aromatic carbocycles. The summed E-state index contributed by atoms with van der Waals surface area (Å²) in [4.78, 5) is 0. The molecule has 0 saturated carbocycles. The van der Waals surface area contributed by atoms with E-state index in [0.29, 0.717) is 23.5 Å². The van der Waals surface area contributed by atoms with Gasteiger partial charge in [0.25, 0.3) is 10.0 Å². The lowest BCUT2D eigenvalue weighted by atomic mass is 10.2. The number of hydrogen-bond acceptors (Lipinski definition) is 4. The number of ether oxygens (including phenoxy) is 1. The molecule has 0 spiro atoms. The highest BCUT2D eigenvalue weighted by Crippen LogP contribution is 2.42. The van der Waals surface area contributed by atoms with E-state index < -0.39 is 15.5 Å². The van der Waals surface area contributed by atoms with Crippen LogP contribution in [0.2, 0.25) is 0 Å². The van der Waals surface area contributed by atoms with Crippen LogP contribution in [0.4, 0.5) is 11.4 Å². The second kappa shape index (κ2) is 6.60. The lowest BCUT2D eigenvalue weighted by Crippen LogP contribution is -2.43. The lowest BCUT2D eigenvalue weighted by Gasteiger charge is -2.35. The predicted octanol–water partition coefficient (Wildman–Crippen LogP) is 2.87. The van der Waals surface area contributed by atoms with Crippen LogP contribution in [0.1, 0.15) is 12.8 Å². The van der Waals surface area contributed by atoms with E-state index in [0.717, 1.165) is 13.0 Å². The Labute approximate surface area is 136 Å². The number of nitrogens with zero attached hydrogens (tertiary/aromatic N) is 1. The van der Waals surface area contributed by atoms with Gasteiger partial charge < -0.3 is 10.1 Å². The van der Waals surface area contributed by atoms with E-state index in [1.165, 1.54) is 4.31 Å². The zero-order chi connectivity index (χ0) is 16.3. The first-order chi connectivity index (χ1) is 11.1. The number of para-hydroxylation sites is 3. The van der Waals surface area contributed by atoms with Gasteiger partial charge in [-0.25, -0.2) is 12.7 Å². The normalized spacial score (nSPS) is 19.0. The third kappa shape index (κ3) is 3.04. The van der Waals surface area contributed by atoms with Gasteiger partial charge in [0.15, 0.2) is 0 Å². The summed E-state index contributed by atoms with van der Waals surface area (Å²) in [5.74, 6) is 0.598. The highest BCUT2D eigenvalue weighted by Gasteiger charge is 2.40. The average molecular weight is 332 g/mol. The van der Waals surface area contributed by atoms with Crippen molar-refractivity contribution in [1.82, 2.24) is 5.32 Å².